The maximum absolute atomic E-state index is 11.6. The summed E-state index contributed by atoms with van der Waals surface area (Å²) in [4.78, 5) is 17.0. The highest BCUT2D eigenvalue weighted by atomic mass is 79.9. The van der Waals surface area contributed by atoms with Crippen LogP contribution < -0.4 is 10.9 Å². The van der Waals surface area contributed by atoms with E-state index in [1.54, 1.807) is 17.5 Å². The SMILES string of the molecule is NC(=[NH+]OC(=O)c1cccs1)c1cccc(Br)c1. The monoisotopic (exact) mass is 325 g/mol. The number of nitrogens with two attached hydrogens (primary N) is 1. The minimum absolute atomic E-state index is 0.279. The minimum Gasteiger partial charge on any atom is -0.284 e. The first kappa shape index (κ1) is 12.8. The Labute approximate surface area is 116 Å². The van der Waals surface area contributed by atoms with Gasteiger partial charge in [-0.25, -0.2) is 4.79 Å². The molecule has 1 aromatic carbocycles. The van der Waals surface area contributed by atoms with E-state index < -0.39 is 5.97 Å². The van der Waals surface area contributed by atoms with Crippen LogP contribution >= 0.6 is 27.3 Å². The first-order chi connectivity index (χ1) is 8.66. The Hall–Kier alpha value is -1.66. The van der Waals surface area contributed by atoms with Crippen molar-refractivity contribution in [3.8, 4) is 0 Å². The second kappa shape index (κ2) is 5.79. The van der Waals surface area contributed by atoms with E-state index in [2.05, 4.69) is 21.1 Å². The van der Waals surface area contributed by atoms with Gasteiger partial charge in [-0.15, -0.1) is 11.3 Å². The van der Waals surface area contributed by atoms with Crippen molar-refractivity contribution in [2.45, 2.75) is 0 Å². The zero-order valence-electron chi connectivity index (χ0n) is 9.22. The summed E-state index contributed by atoms with van der Waals surface area (Å²) in [5.41, 5.74) is 6.52. The standard InChI is InChI=1S/C12H9BrN2O2S/c13-9-4-1-3-8(7-9)11(14)15-17-12(16)10-5-2-6-18-10/h1-7H,(H2,14,15)/p+1. The molecule has 2 aromatic rings. The summed E-state index contributed by atoms with van der Waals surface area (Å²) in [7, 11) is 0. The molecule has 3 N–H and O–H groups in total. The zero-order valence-corrected chi connectivity index (χ0v) is 11.6. The van der Waals surface area contributed by atoms with E-state index in [1.165, 1.54) is 11.3 Å². The summed E-state index contributed by atoms with van der Waals surface area (Å²) in [5, 5.41) is 4.25. The first-order valence-electron chi connectivity index (χ1n) is 5.06. The number of nitrogen functional groups attached to an aromatic ring is 1. The summed E-state index contributed by atoms with van der Waals surface area (Å²) in [5.74, 6) is -0.177. The maximum Gasteiger partial charge on any atom is 0.397 e. The molecule has 0 fully saturated rings. The van der Waals surface area contributed by atoms with Crippen LogP contribution in [0.2, 0.25) is 0 Å². The molecule has 0 amide bonds. The highest BCUT2D eigenvalue weighted by molar-refractivity contribution is 9.10. The molecule has 0 saturated heterocycles. The summed E-state index contributed by atoms with van der Waals surface area (Å²) >= 11 is 4.65. The van der Waals surface area contributed by atoms with E-state index in [4.69, 9.17) is 10.6 Å². The van der Waals surface area contributed by atoms with Crippen molar-refractivity contribution in [2.75, 3.05) is 0 Å². The van der Waals surface area contributed by atoms with E-state index in [-0.39, 0.29) is 5.84 Å². The molecule has 18 heavy (non-hydrogen) atoms. The summed E-state index contributed by atoms with van der Waals surface area (Å²) in [6.45, 7) is 0. The fourth-order valence-corrected chi connectivity index (χ4v) is 2.26. The zero-order chi connectivity index (χ0) is 13.0. The van der Waals surface area contributed by atoms with Gasteiger partial charge in [0.05, 0.1) is 5.56 Å². The van der Waals surface area contributed by atoms with Gasteiger partial charge in [0.25, 0.3) is 0 Å². The smallest absolute Gasteiger partial charge is 0.284 e. The van der Waals surface area contributed by atoms with Crippen LogP contribution in [0.5, 0.6) is 0 Å². The second-order valence-electron chi connectivity index (χ2n) is 3.39. The second-order valence-corrected chi connectivity index (χ2v) is 5.26. The van der Waals surface area contributed by atoms with Crippen LogP contribution in [0.25, 0.3) is 0 Å². The molecule has 0 aliphatic rings. The average Bonchev–Trinajstić information content (AvgIpc) is 2.89. The number of hydrogen-bond donors (Lipinski definition) is 2. The Morgan fingerprint density at radius 1 is 1.33 bits per heavy atom. The Balaban J connectivity index is 2.08. The van der Waals surface area contributed by atoms with Gasteiger partial charge in [0.1, 0.15) is 4.88 Å². The number of carbonyl (C=O) groups is 1. The highest BCUT2D eigenvalue weighted by Crippen LogP contribution is 2.10. The molecule has 6 heteroatoms. The van der Waals surface area contributed by atoms with Gasteiger partial charge in [0.15, 0.2) is 0 Å². The molecule has 0 radical (unpaired) electrons. The Morgan fingerprint density at radius 3 is 2.83 bits per heavy atom. The summed E-state index contributed by atoms with van der Waals surface area (Å²) in [6, 6.07) is 10.8. The topological polar surface area (TPSA) is 66.3 Å². The van der Waals surface area contributed by atoms with E-state index in [0.717, 1.165) is 10.0 Å². The van der Waals surface area contributed by atoms with Crippen molar-refractivity contribution in [2.24, 2.45) is 5.73 Å². The third-order valence-electron chi connectivity index (χ3n) is 2.11. The van der Waals surface area contributed by atoms with Crippen molar-refractivity contribution in [1.82, 2.24) is 0 Å². The van der Waals surface area contributed by atoms with Crippen LogP contribution in [0.4, 0.5) is 0 Å². The van der Waals surface area contributed by atoms with E-state index in [0.29, 0.717) is 4.88 Å². The number of amidine groups is 1. The van der Waals surface area contributed by atoms with Crippen LogP contribution in [-0.2, 0) is 4.84 Å². The predicted octanol–water partition coefficient (Wildman–Crippen LogP) is 1.07. The number of rotatable bonds is 3. The lowest BCUT2D eigenvalue weighted by molar-refractivity contribution is -0.721. The number of halogens is 1. The number of thiophene rings is 1. The normalized spacial score (nSPS) is 11.3. The van der Waals surface area contributed by atoms with Gasteiger partial charge in [-0.3, -0.25) is 10.6 Å². The third-order valence-corrected chi connectivity index (χ3v) is 3.45. The average molecular weight is 326 g/mol. The number of carbonyl (C=O) groups excluding carboxylic acids is 1. The fourth-order valence-electron chi connectivity index (χ4n) is 1.26. The molecule has 0 spiro atoms. The van der Waals surface area contributed by atoms with Gasteiger partial charge >= 0.3 is 11.8 Å². The van der Waals surface area contributed by atoms with Crippen molar-refractivity contribution >= 4 is 39.1 Å². The molecule has 0 unspecified atom stereocenters. The summed E-state index contributed by atoms with van der Waals surface area (Å²) in [6.07, 6.45) is 0. The molecular weight excluding hydrogens is 316 g/mol. The Bertz CT molecular complexity index is 582. The lowest BCUT2D eigenvalue weighted by Crippen LogP contribution is -2.75. The molecule has 1 aromatic heterocycles. The van der Waals surface area contributed by atoms with Crippen LogP contribution in [0, 0.1) is 0 Å². The molecule has 0 atom stereocenters. The molecule has 0 saturated carbocycles. The van der Waals surface area contributed by atoms with Crippen molar-refractivity contribution in [1.29, 1.82) is 0 Å². The molecule has 2 rings (SSSR count). The highest BCUT2D eigenvalue weighted by Gasteiger charge is 2.11. The first-order valence-corrected chi connectivity index (χ1v) is 6.73. The minimum atomic E-state index is -0.456. The largest absolute Gasteiger partial charge is 0.397 e. The van der Waals surface area contributed by atoms with Crippen LogP contribution in [0.1, 0.15) is 15.2 Å². The van der Waals surface area contributed by atoms with E-state index in [1.807, 2.05) is 24.3 Å². The van der Waals surface area contributed by atoms with Crippen LogP contribution in [-0.4, -0.2) is 11.8 Å². The van der Waals surface area contributed by atoms with Gasteiger partial charge < -0.3 is 0 Å². The van der Waals surface area contributed by atoms with Gasteiger partial charge in [0.2, 0.25) is 0 Å². The molecule has 0 bridgehead atoms. The van der Waals surface area contributed by atoms with Gasteiger partial charge in [-0.1, -0.05) is 33.2 Å². The Morgan fingerprint density at radius 2 is 2.17 bits per heavy atom. The van der Waals surface area contributed by atoms with Crippen molar-refractivity contribution in [3.63, 3.8) is 0 Å². The predicted molar refractivity (Wildman–Crippen MR) is 73.1 cm³/mol. The lowest BCUT2D eigenvalue weighted by atomic mass is 10.2. The van der Waals surface area contributed by atoms with Crippen LogP contribution in [0.3, 0.4) is 0 Å². The van der Waals surface area contributed by atoms with E-state index in [9.17, 15) is 4.79 Å². The van der Waals surface area contributed by atoms with Crippen molar-refractivity contribution < 1.29 is 14.8 Å². The van der Waals surface area contributed by atoms with E-state index >= 15 is 0 Å². The quantitative estimate of drug-likeness (QED) is 0.384. The molecule has 4 nitrogen and oxygen atoms in total. The number of hydrogen-bond acceptors (Lipinski definition) is 3. The van der Waals surface area contributed by atoms with Gasteiger partial charge in [-0.05, 0) is 29.6 Å². The molecule has 0 aliphatic heterocycles. The molecule has 1 heterocycles. The fraction of sp³-hybridized carbons (Fsp3) is 0. The molecule has 0 aliphatic carbocycles. The summed E-state index contributed by atoms with van der Waals surface area (Å²) < 4.78 is 0.898. The van der Waals surface area contributed by atoms with Gasteiger partial charge in [0, 0.05) is 4.47 Å². The molecular formula is C12H10BrN2O2S+. The van der Waals surface area contributed by atoms with Gasteiger partial charge in [-0.2, -0.15) is 0 Å². The van der Waals surface area contributed by atoms with Crippen molar-refractivity contribution in [3.05, 3.63) is 56.7 Å². The number of benzene rings is 1. The third kappa shape index (κ3) is 3.18. The molecule has 92 valence electrons. The number of nitrogens with one attached hydrogen (secondary N) is 1. The van der Waals surface area contributed by atoms with Crippen LogP contribution in [0.15, 0.2) is 46.3 Å². The Kier molecular flexibility index (Phi) is 4.11. The maximum atomic E-state index is 11.6. The lowest BCUT2D eigenvalue weighted by Gasteiger charge is -1.96.